The van der Waals surface area contributed by atoms with Crippen molar-refractivity contribution >= 4 is 23.4 Å². The molecule has 2 rings (SSSR count). The summed E-state index contributed by atoms with van der Waals surface area (Å²) in [7, 11) is 3.14. The van der Waals surface area contributed by atoms with E-state index in [4.69, 9.17) is 21.1 Å². The molecule has 7 heteroatoms. The molecule has 0 aliphatic carbocycles. The van der Waals surface area contributed by atoms with Gasteiger partial charge in [-0.05, 0) is 61.7 Å². The van der Waals surface area contributed by atoms with Gasteiger partial charge in [0.2, 0.25) is 5.91 Å². The minimum absolute atomic E-state index is 0.183. The van der Waals surface area contributed by atoms with E-state index >= 15 is 0 Å². The number of nitrogens with one attached hydrogen (secondary N) is 1. The number of nitrogens with zero attached hydrogens (tertiary/aromatic N) is 1. The smallest absolute Gasteiger partial charge is 0.261 e. The van der Waals surface area contributed by atoms with Gasteiger partial charge in [-0.2, -0.15) is 0 Å². The number of benzene rings is 2. The fourth-order valence-corrected chi connectivity index (χ4v) is 3.05. The van der Waals surface area contributed by atoms with Gasteiger partial charge in [-0.3, -0.25) is 9.59 Å². The van der Waals surface area contributed by atoms with Crippen LogP contribution in [0.5, 0.6) is 11.5 Å². The summed E-state index contributed by atoms with van der Waals surface area (Å²) < 4.78 is 10.9. The standard InChI is InChI=1S/C22H27ClN2O4/c1-14-10-19(11-15(2)21(14)23)29-13-20(26)25(16(3)22(27)24-4)12-17-6-8-18(28-5)9-7-17/h6-11,16H,12-13H2,1-5H3,(H,24,27)/t16-/m0/s1. The molecule has 0 saturated carbocycles. The normalized spacial score (nSPS) is 11.5. The van der Waals surface area contributed by atoms with Crippen molar-refractivity contribution < 1.29 is 19.1 Å². The summed E-state index contributed by atoms with van der Waals surface area (Å²) in [6.07, 6.45) is 0. The highest BCUT2D eigenvalue weighted by atomic mass is 35.5. The zero-order valence-electron chi connectivity index (χ0n) is 17.4. The van der Waals surface area contributed by atoms with Crippen molar-refractivity contribution in [3.05, 3.63) is 58.1 Å². The molecule has 2 amide bonds. The molecule has 29 heavy (non-hydrogen) atoms. The highest BCUT2D eigenvalue weighted by Crippen LogP contribution is 2.26. The molecule has 0 aliphatic heterocycles. The average molecular weight is 419 g/mol. The van der Waals surface area contributed by atoms with Crippen LogP contribution in [0, 0.1) is 13.8 Å². The SMILES string of the molecule is CNC(=O)[C@H](C)N(Cc1ccc(OC)cc1)C(=O)COc1cc(C)c(Cl)c(C)c1. The van der Waals surface area contributed by atoms with Crippen molar-refractivity contribution in [1.29, 1.82) is 0 Å². The quantitative estimate of drug-likeness (QED) is 0.712. The number of halogens is 1. The monoisotopic (exact) mass is 418 g/mol. The van der Waals surface area contributed by atoms with Crippen LogP contribution in [0.15, 0.2) is 36.4 Å². The lowest BCUT2D eigenvalue weighted by Crippen LogP contribution is -2.48. The summed E-state index contributed by atoms with van der Waals surface area (Å²) in [5.41, 5.74) is 2.64. The van der Waals surface area contributed by atoms with E-state index in [1.807, 2.05) is 38.1 Å². The Balaban J connectivity index is 2.16. The topological polar surface area (TPSA) is 67.9 Å². The molecule has 0 heterocycles. The number of aryl methyl sites for hydroxylation is 2. The van der Waals surface area contributed by atoms with Crippen LogP contribution in [0.1, 0.15) is 23.6 Å². The van der Waals surface area contributed by atoms with Crippen molar-refractivity contribution in [3.63, 3.8) is 0 Å². The first-order valence-corrected chi connectivity index (χ1v) is 9.68. The minimum atomic E-state index is -0.646. The third-order valence-electron chi connectivity index (χ3n) is 4.70. The number of hydrogen-bond donors (Lipinski definition) is 1. The number of rotatable bonds is 8. The molecule has 1 N–H and O–H groups in total. The zero-order valence-corrected chi connectivity index (χ0v) is 18.2. The van der Waals surface area contributed by atoms with Crippen molar-refractivity contribution in [3.8, 4) is 11.5 Å². The maximum absolute atomic E-state index is 12.9. The van der Waals surface area contributed by atoms with Gasteiger partial charge in [-0.15, -0.1) is 0 Å². The molecule has 1 atom stereocenters. The Kier molecular flexibility index (Phi) is 7.91. The number of amides is 2. The number of carbonyl (C=O) groups is 2. The molecule has 0 unspecified atom stereocenters. The van der Waals surface area contributed by atoms with Crippen LogP contribution in [0.2, 0.25) is 5.02 Å². The molecule has 2 aromatic carbocycles. The van der Waals surface area contributed by atoms with E-state index in [1.165, 1.54) is 4.90 Å². The van der Waals surface area contributed by atoms with E-state index < -0.39 is 6.04 Å². The molecule has 156 valence electrons. The molecule has 0 aromatic heterocycles. The van der Waals surface area contributed by atoms with E-state index in [1.54, 1.807) is 33.2 Å². The highest BCUT2D eigenvalue weighted by Gasteiger charge is 2.26. The Morgan fingerprint density at radius 3 is 2.21 bits per heavy atom. The van der Waals surface area contributed by atoms with Gasteiger partial charge in [0, 0.05) is 18.6 Å². The fraction of sp³-hybridized carbons (Fsp3) is 0.364. The lowest BCUT2D eigenvalue weighted by Gasteiger charge is -2.28. The lowest BCUT2D eigenvalue weighted by atomic mass is 10.1. The molecule has 0 saturated heterocycles. The maximum Gasteiger partial charge on any atom is 0.261 e. The van der Waals surface area contributed by atoms with Gasteiger partial charge < -0.3 is 19.7 Å². The van der Waals surface area contributed by atoms with Crippen molar-refractivity contribution in [1.82, 2.24) is 10.2 Å². The largest absolute Gasteiger partial charge is 0.497 e. The van der Waals surface area contributed by atoms with Crippen molar-refractivity contribution in [2.24, 2.45) is 0 Å². The van der Waals surface area contributed by atoms with Gasteiger partial charge in [0.05, 0.1) is 7.11 Å². The third-order valence-corrected chi connectivity index (χ3v) is 5.29. The molecular weight excluding hydrogens is 392 g/mol. The first-order chi connectivity index (χ1) is 13.8. The van der Waals surface area contributed by atoms with Crippen LogP contribution >= 0.6 is 11.6 Å². The van der Waals surface area contributed by atoms with Crippen molar-refractivity contribution in [2.45, 2.75) is 33.4 Å². The number of ether oxygens (including phenoxy) is 2. The predicted octanol–water partition coefficient (Wildman–Crippen LogP) is 3.51. The van der Waals surface area contributed by atoms with E-state index in [9.17, 15) is 9.59 Å². The number of methoxy groups -OCH3 is 1. The van der Waals surface area contributed by atoms with Crippen LogP contribution < -0.4 is 14.8 Å². The second kappa shape index (κ2) is 10.2. The maximum atomic E-state index is 12.9. The van der Waals surface area contributed by atoms with E-state index in [-0.39, 0.29) is 25.0 Å². The molecule has 2 aromatic rings. The number of likely N-dealkylation sites (N-methyl/N-ethyl adjacent to an activating group) is 1. The summed E-state index contributed by atoms with van der Waals surface area (Å²) >= 11 is 6.18. The molecular formula is C22H27ClN2O4. The molecule has 0 bridgehead atoms. The van der Waals surface area contributed by atoms with Crippen molar-refractivity contribution in [2.75, 3.05) is 20.8 Å². The summed E-state index contributed by atoms with van der Waals surface area (Å²) in [5, 5.41) is 3.27. The molecule has 0 aliphatic rings. The summed E-state index contributed by atoms with van der Waals surface area (Å²) in [5.74, 6) is 0.754. The second-order valence-corrected chi connectivity index (χ2v) is 7.20. The van der Waals surface area contributed by atoms with Gasteiger partial charge in [-0.25, -0.2) is 0 Å². The Hall–Kier alpha value is -2.73. The van der Waals surface area contributed by atoms with E-state index in [2.05, 4.69) is 5.32 Å². The first kappa shape index (κ1) is 22.6. The fourth-order valence-electron chi connectivity index (χ4n) is 2.94. The average Bonchev–Trinajstić information content (AvgIpc) is 2.73. The highest BCUT2D eigenvalue weighted by molar-refractivity contribution is 6.32. The van der Waals surface area contributed by atoms with Crippen LogP contribution in [0.25, 0.3) is 0 Å². The predicted molar refractivity (Wildman–Crippen MR) is 113 cm³/mol. The second-order valence-electron chi connectivity index (χ2n) is 6.82. The summed E-state index contributed by atoms with van der Waals surface area (Å²) in [6.45, 7) is 5.55. The summed E-state index contributed by atoms with van der Waals surface area (Å²) in [6, 6.07) is 10.3. The van der Waals surface area contributed by atoms with Crippen LogP contribution in [-0.2, 0) is 16.1 Å². The molecule has 0 fully saturated rings. The van der Waals surface area contributed by atoms with Gasteiger partial charge in [0.25, 0.3) is 5.91 Å². The van der Waals surface area contributed by atoms with Gasteiger partial charge in [0.1, 0.15) is 17.5 Å². The van der Waals surface area contributed by atoms with Crippen LogP contribution in [-0.4, -0.2) is 43.5 Å². The van der Waals surface area contributed by atoms with Gasteiger partial charge >= 0.3 is 0 Å². The number of carbonyl (C=O) groups excluding carboxylic acids is 2. The van der Waals surface area contributed by atoms with Crippen LogP contribution in [0.4, 0.5) is 0 Å². The minimum Gasteiger partial charge on any atom is -0.497 e. The zero-order chi connectivity index (χ0) is 21.6. The molecule has 0 radical (unpaired) electrons. The molecule has 6 nitrogen and oxygen atoms in total. The molecule has 0 spiro atoms. The van der Waals surface area contributed by atoms with Gasteiger partial charge in [-0.1, -0.05) is 23.7 Å². The third kappa shape index (κ3) is 5.87. The Morgan fingerprint density at radius 1 is 1.10 bits per heavy atom. The van der Waals surface area contributed by atoms with Crippen LogP contribution in [0.3, 0.4) is 0 Å². The number of hydrogen-bond acceptors (Lipinski definition) is 4. The summed E-state index contributed by atoms with van der Waals surface area (Å²) in [4.78, 5) is 26.6. The van der Waals surface area contributed by atoms with Gasteiger partial charge in [0.15, 0.2) is 6.61 Å². The Bertz CT molecular complexity index is 845. The van der Waals surface area contributed by atoms with E-state index in [0.717, 1.165) is 22.4 Å². The van der Waals surface area contributed by atoms with E-state index in [0.29, 0.717) is 10.8 Å². The Morgan fingerprint density at radius 2 is 1.69 bits per heavy atom. The Labute approximate surface area is 176 Å². The first-order valence-electron chi connectivity index (χ1n) is 9.30. The lowest BCUT2D eigenvalue weighted by molar-refractivity contribution is -0.142.